The Morgan fingerprint density at radius 1 is 1.24 bits per heavy atom. The molecule has 0 unspecified atom stereocenters. The van der Waals surface area contributed by atoms with Gasteiger partial charge in [-0.25, -0.2) is 4.39 Å². The van der Waals surface area contributed by atoms with E-state index in [1.54, 1.807) is 13.1 Å². The SMILES string of the molecule is CN=C(NCCCN(C)C)NCCc1ccc(F)cc1C. The molecule has 0 aliphatic heterocycles. The highest BCUT2D eigenvalue weighted by Crippen LogP contribution is 2.10. The van der Waals surface area contributed by atoms with Gasteiger partial charge in [0.1, 0.15) is 5.82 Å². The van der Waals surface area contributed by atoms with E-state index in [-0.39, 0.29) is 5.82 Å². The molecule has 0 fully saturated rings. The van der Waals surface area contributed by atoms with Crippen LogP contribution in [-0.2, 0) is 6.42 Å². The van der Waals surface area contributed by atoms with Gasteiger partial charge in [-0.3, -0.25) is 4.99 Å². The normalized spacial score (nSPS) is 11.8. The van der Waals surface area contributed by atoms with Crippen LogP contribution in [0.1, 0.15) is 17.5 Å². The third-order valence-electron chi connectivity index (χ3n) is 3.29. The Morgan fingerprint density at radius 2 is 1.95 bits per heavy atom. The van der Waals surface area contributed by atoms with E-state index in [1.165, 1.54) is 6.07 Å². The number of hydrogen-bond acceptors (Lipinski definition) is 2. The average Bonchev–Trinajstić information content (AvgIpc) is 2.43. The number of benzene rings is 1. The van der Waals surface area contributed by atoms with Crippen molar-refractivity contribution in [3.63, 3.8) is 0 Å². The Kier molecular flexibility index (Phi) is 7.75. The van der Waals surface area contributed by atoms with Crippen LogP contribution in [0.3, 0.4) is 0 Å². The predicted molar refractivity (Wildman–Crippen MR) is 87.4 cm³/mol. The summed E-state index contributed by atoms with van der Waals surface area (Å²) >= 11 is 0. The Bertz CT molecular complexity index is 458. The van der Waals surface area contributed by atoms with Crippen LogP contribution in [0.4, 0.5) is 4.39 Å². The van der Waals surface area contributed by atoms with Crippen LogP contribution in [0.2, 0.25) is 0 Å². The van der Waals surface area contributed by atoms with Gasteiger partial charge in [-0.2, -0.15) is 0 Å². The molecule has 5 heteroatoms. The molecule has 118 valence electrons. The van der Waals surface area contributed by atoms with Gasteiger partial charge < -0.3 is 15.5 Å². The van der Waals surface area contributed by atoms with E-state index in [1.807, 2.05) is 13.0 Å². The molecule has 0 amide bonds. The van der Waals surface area contributed by atoms with Crippen molar-refractivity contribution in [2.45, 2.75) is 19.8 Å². The molecular formula is C16H27FN4. The van der Waals surface area contributed by atoms with E-state index < -0.39 is 0 Å². The molecule has 0 saturated heterocycles. The van der Waals surface area contributed by atoms with E-state index in [2.05, 4.69) is 34.6 Å². The second kappa shape index (κ2) is 9.34. The number of halogens is 1. The highest BCUT2D eigenvalue weighted by Gasteiger charge is 2.01. The minimum Gasteiger partial charge on any atom is -0.356 e. The van der Waals surface area contributed by atoms with Crippen LogP contribution in [0.5, 0.6) is 0 Å². The minimum atomic E-state index is -0.178. The summed E-state index contributed by atoms with van der Waals surface area (Å²) in [5, 5.41) is 6.57. The molecule has 0 saturated carbocycles. The minimum absolute atomic E-state index is 0.178. The molecule has 21 heavy (non-hydrogen) atoms. The highest BCUT2D eigenvalue weighted by atomic mass is 19.1. The van der Waals surface area contributed by atoms with E-state index in [9.17, 15) is 4.39 Å². The van der Waals surface area contributed by atoms with Gasteiger partial charge in [0, 0.05) is 20.1 Å². The first-order valence-electron chi connectivity index (χ1n) is 7.37. The Balaban J connectivity index is 2.29. The van der Waals surface area contributed by atoms with Crippen molar-refractivity contribution in [2.75, 3.05) is 40.8 Å². The quantitative estimate of drug-likeness (QED) is 0.457. The molecule has 0 aromatic heterocycles. The van der Waals surface area contributed by atoms with Crippen molar-refractivity contribution >= 4 is 5.96 Å². The Labute approximate surface area is 127 Å². The van der Waals surface area contributed by atoms with Crippen LogP contribution in [0, 0.1) is 12.7 Å². The summed E-state index contributed by atoms with van der Waals surface area (Å²) in [5.74, 6) is 0.635. The summed E-state index contributed by atoms with van der Waals surface area (Å²) in [6, 6.07) is 4.93. The molecule has 0 aliphatic carbocycles. The maximum atomic E-state index is 13.0. The number of guanidine groups is 1. The fourth-order valence-corrected chi connectivity index (χ4v) is 2.08. The lowest BCUT2D eigenvalue weighted by Crippen LogP contribution is -2.39. The summed E-state index contributed by atoms with van der Waals surface area (Å²) in [6.45, 7) is 4.67. The van der Waals surface area contributed by atoms with Crippen LogP contribution in [0.15, 0.2) is 23.2 Å². The summed E-state index contributed by atoms with van der Waals surface area (Å²) < 4.78 is 13.0. The van der Waals surface area contributed by atoms with Gasteiger partial charge in [0.15, 0.2) is 5.96 Å². The summed E-state index contributed by atoms with van der Waals surface area (Å²) in [5.41, 5.74) is 2.15. The van der Waals surface area contributed by atoms with E-state index in [0.717, 1.165) is 49.6 Å². The van der Waals surface area contributed by atoms with Crippen molar-refractivity contribution in [1.82, 2.24) is 15.5 Å². The lowest BCUT2D eigenvalue weighted by molar-refractivity contribution is 0.399. The van der Waals surface area contributed by atoms with E-state index >= 15 is 0 Å². The lowest BCUT2D eigenvalue weighted by atomic mass is 10.1. The molecule has 0 aliphatic rings. The summed E-state index contributed by atoms with van der Waals surface area (Å²) in [4.78, 5) is 6.36. The molecule has 0 spiro atoms. The van der Waals surface area contributed by atoms with Gasteiger partial charge in [-0.05, 0) is 63.7 Å². The van der Waals surface area contributed by atoms with Crippen molar-refractivity contribution in [3.8, 4) is 0 Å². The molecule has 1 aromatic rings. The standard InChI is InChI=1S/C16H27FN4/c1-13-12-15(17)7-6-14(13)8-10-20-16(18-2)19-9-5-11-21(3)4/h6-7,12H,5,8-11H2,1-4H3,(H2,18,19,20). The maximum absolute atomic E-state index is 13.0. The maximum Gasteiger partial charge on any atom is 0.190 e. The summed E-state index contributed by atoms with van der Waals surface area (Å²) in [6.07, 6.45) is 1.93. The second-order valence-electron chi connectivity index (χ2n) is 5.40. The molecule has 4 nitrogen and oxygen atoms in total. The molecule has 0 bridgehead atoms. The first kappa shape index (κ1) is 17.4. The zero-order valence-corrected chi connectivity index (χ0v) is 13.5. The van der Waals surface area contributed by atoms with Crippen LogP contribution >= 0.6 is 0 Å². The van der Waals surface area contributed by atoms with Crippen LogP contribution in [0.25, 0.3) is 0 Å². The van der Waals surface area contributed by atoms with Crippen LogP contribution in [-0.4, -0.2) is 51.6 Å². The number of aliphatic imine (C=N–C) groups is 1. The van der Waals surface area contributed by atoms with Gasteiger partial charge in [-0.1, -0.05) is 6.07 Å². The van der Waals surface area contributed by atoms with Crippen molar-refractivity contribution < 1.29 is 4.39 Å². The third kappa shape index (κ3) is 7.09. The van der Waals surface area contributed by atoms with Gasteiger partial charge in [0.05, 0.1) is 0 Å². The predicted octanol–water partition coefficient (Wildman–Crippen LogP) is 1.79. The zero-order chi connectivity index (χ0) is 15.7. The fraction of sp³-hybridized carbons (Fsp3) is 0.562. The highest BCUT2D eigenvalue weighted by molar-refractivity contribution is 5.79. The first-order valence-corrected chi connectivity index (χ1v) is 7.37. The number of hydrogen-bond donors (Lipinski definition) is 2. The number of aryl methyl sites for hydroxylation is 1. The molecular weight excluding hydrogens is 267 g/mol. The van der Waals surface area contributed by atoms with Gasteiger partial charge in [-0.15, -0.1) is 0 Å². The molecule has 1 rings (SSSR count). The Morgan fingerprint density at radius 3 is 2.57 bits per heavy atom. The van der Waals surface area contributed by atoms with E-state index in [0.29, 0.717) is 0 Å². The Hall–Kier alpha value is -1.62. The van der Waals surface area contributed by atoms with Crippen LogP contribution < -0.4 is 10.6 Å². The molecule has 0 atom stereocenters. The topological polar surface area (TPSA) is 39.7 Å². The number of nitrogens with one attached hydrogen (secondary N) is 2. The first-order chi connectivity index (χ1) is 10.0. The average molecular weight is 294 g/mol. The largest absolute Gasteiger partial charge is 0.356 e. The van der Waals surface area contributed by atoms with Crippen molar-refractivity contribution in [1.29, 1.82) is 0 Å². The van der Waals surface area contributed by atoms with Gasteiger partial charge in [0.2, 0.25) is 0 Å². The van der Waals surface area contributed by atoms with Crippen molar-refractivity contribution in [2.24, 2.45) is 4.99 Å². The smallest absolute Gasteiger partial charge is 0.190 e. The van der Waals surface area contributed by atoms with Gasteiger partial charge >= 0.3 is 0 Å². The lowest BCUT2D eigenvalue weighted by Gasteiger charge is -2.14. The van der Waals surface area contributed by atoms with E-state index in [4.69, 9.17) is 0 Å². The molecule has 0 heterocycles. The second-order valence-corrected chi connectivity index (χ2v) is 5.40. The number of rotatable bonds is 7. The molecule has 2 N–H and O–H groups in total. The monoisotopic (exact) mass is 294 g/mol. The van der Waals surface area contributed by atoms with Gasteiger partial charge in [0.25, 0.3) is 0 Å². The number of nitrogens with zero attached hydrogens (tertiary/aromatic N) is 2. The molecule has 0 radical (unpaired) electrons. The molecule has 1 aromatic carbocycles. The fourth-order valence-electron chi connectivity index (χ4n) is 2.08. The third-order valence-corrected chi connectivity index (χ3v) is 3.29. The summed E-state index contributed by atoms with van der Waals surface area (Å²) in [7, 11) is 5.90. The van der Waals surface area contributed by atoms with Crippen molar-refractivity contribution in [3.05, 3.63) is 35.1 Å². The zero-order valence-electron chi connectivity index (χ0n) is 13.5.